The van der Waals surface area contributed by atoms with Crippen LogP contribution in [0.3, 0.4) is 0 Å². The zero-order chi connectivity index (χ0) is 27.9. The van der Waals surface area contributed by atoms with Crippen molar-refractivity contribution in [2.75, 3.05) is 9.80 Å². The van der Waals surface area contributed by atoms with Gasteiger partial charge in [-0.25, -0.2) is 4.98 Å². The first-order valence-corrected chi connectivity index (χ1v) is 14.3. The third-order valence-electron chi connectivity index (χ3n) is 9.09. The minimum atomic E-state index is -0.363. The van der Waals surface area contributed by atoms with Gasteiger partial charge in [0.2, 0.25) is 5.95 Å². The van der Waals surface area contributed by atoms with Crippen LogP contribution in [0.15, 0.2) is 121 Å². The number of fused-ring (bicyclic) bond motifs is 7. The van der Waals surface area contributed by atoms with Gasteiger partial charge in [0.25, 0.3) is 0 Å². The summed E-state index contributed by atoms with van der Waals surface area (Å²) < 4.78 is 2.33. The maximum absolute atomic E-state index is 5.17. The summed E-state index contributed by atoms with van der Waals surface area (Å²) in [5.74, 6) is 0.943. The summed E-state index contributed by atoms with van der Waals surface area (Å²) in [6.45, 7) is 9.29. The Hall–Kier alpha value is -4.83. The van der Waals surface area contributed by atoms with Crippen molar-refractivity contribution in [2.24, 2.45) is 0 Å². The zero-order valence-corrected chi connectivity index (χ0v) is 23.8. The molecule has 5 aromatic carbocycles. The van der Waals surface area contributed by atoms with Crippen molar-refractivity contribution in [2.45, 2.75) is 38.6 Å². The van der Waals surface area contributed by atoms with Gasteiger partial charge in [-0.15, -0.1) is 0 Å². The predicted octanol–water partition coefficient (Wildman–Crippen LogP) is 9.52. The van der Waals surface area contributed by atoms with Crippen LogP contribution in [-0.4, -0.2) is 9.55 Å². The maximum atomic E-state index is 5.17. The van der Waals surface area contributed by atoms with Gasteiger partial charge < -0.3 is 9.80 Å². The van der Waals surface area contributed by atoms with Gasteiger partial charge in [-0.2, -0.15) is 0 Å². The number of hydrogen-bond donors (Lipinski definition) is 0. The van der Waals surface area contributed by atoms with Gasteiger partial charge in [0.1, 0.15) is 0 Å². The Morgan fingerprint density at radius 2 is 1.15 bits per heavy atom. The van der Waals surface area contributed by atoms with Gasteiger partial charge in [0.05, 0.1) is 33.6 Å². The van der Waals surface area contributed by atoms with Crippen molar-refractivity contribution in [1.82, 2.24) is 9.55 Å². The van der Waals surface area contributed by atoms with E-state index in [4.69, 9.17) is 4.98 Å². The summed E-state index contributed by atoms with van der Waals surface area (Å²) in [5, 5.41) is 0. The highest BCUT2D eigenvalue weighted by Gasteiger charge is 2.42. The molecule has 41 heavy (non-hydrogen) atoms. The van der Waals surface area contributed by atoms with Crippen LogP contribution in [0, 0.1) is 0 Å². The van der Waals surface area contributed by atoms with E-state index in [2.05, 4.69) is 163 Å². The molecule has 0 N–H and O–H groups in total. The number of rotatable bonds is 2. The number of anilines is 5. The molecule has 200 valence electrons. The highest BCUT2D eigenvalue weighted by atomic mass is 15.4. The van der Waals surface area contributed by atoms with E-state index in [1.54, 1.807) is 0 Å². The summed E-state index contributed by atoms with van der Waals surface area (Å²) in [7, 11) is 0. The van der Waals surface area contributed by atoms with Crippen molar-refractivity contribution in [3.05, 3.63) is 138 Å². The van der Waals surface area contributed by atoms with E-state index in [1.165, 1.54) is 33.8 Å². The van der Waals surface area contributed by atoms with Crippen LogP contribution in [0.25, 0.3) is 16.7 Å². The summed E-state index contributed by atoms with van der Waals surface area (Å²) in [6, 6.07) is 43.7. The molecule has 0 spiro atoms. The quantitative estimate of drug-likeness (QED) is 0.222. The van der Waals surface area contributed by atoms with E-state index in [1.807, 2.05) is 0 Å². The average molecular weight is 533 g/mol. The first-order valence-electron chi connectivity index (χ1n) is 14.3. The first-order chi connectivity index (χ1) is 19.9. The Morgan fingerprint density at radius 1 is 0.537 bits per heavy atom. The molecule has 0 bridgehead atoms. The number of para-hydroxylation sites is 5. The molecule has 0 aliphatic carbocycles. The molecule has 0 atom stereocenters. The third kappa shape index (κ3) is 3.25. The van der Waals surface area contributed by atoms with Crippen molar-refractivity contribution in [3.8, 4) is 5.69 Å². The second-order valence-electron chi connectivity index (χ2n) is 12.2. The molecule has 0 radical (unpaired) electrons. The normalized spacial score (nSPS) is 16.1. The third-order valence-corrected chi connectivity index (χ3v) is 9.09. The van der Waals surface area contributed by atoms with Crippen LogP contribution in [0.5, 0.6) is 0 Å². The van der Waals surface area contributed by atoms with E-state index < -0.39 is 0 Å². The molecule has 4 heteroatoms. The maximum Gasteiger partial charge on any atom is 0.216 e. The van der Waals surface area contributed by atoms with Gasteiger partial charge in [-0.1, -0.05) is 80.6 Å². The van der Waals surface area contributed by atoms with E-state index in [-0.39, 0.29) is 11.0 Å². The molecular weight excluding hydrogens is 500 g/mol. The van der Waals surface area contributed by atoms with Crippen LogP contribution in [-0.2, 0) is 11.0 Å². The van der Waals surface area contributed by atoms with Crippen molar-refractivity contribution in [3.63, 3.8) is 0 Å². The molecule has 0 amide bonds. The molecule has 2 aliphatic heterocycles. The van der Waals surface area contributed by atoms with E-state index in [9.17, 15) is 0 Å². The molecule has 8 rings (SSSR count). The summed E-state index contributed by atoms with van der Waals surface area (Å²) in [5.41, 5.74) is 11.5. The number of benzene rings is 5. The predicted molar refractivity (Wildman–Crippen MR) is 169 cm³/mol. The molecule has 6 aromatic rings. The number of hydrogen-bond acceptors (Lipinski definition) is 3. The monoisotopic (exact) mass is 532 g/mol. The second kappa shape index (κ2) is 8.34. The fourth-order valence-corrected chi connectivity index (χ4v) is 7.08. The average Bonchev–Trinajstić information content (AvgIpc) is 3.37. The number of aromatic nitrogens is 2. The Balaban J connectivity index is 1.41. The second-order valence-corrected chi connectivity index (χ2v) is 12.2. The van der Waals surface area contributed by atoms with Crippen molar-refractivity contribution < 1.29 is 0 Å². The molecule has 1 aromatic heterocycles. The zero-order valence-electron chi connectivity index (χ0n) is 23.8. The smallest absolute Gasteiger partial charge is 0.216 e. The number of imidazole rings is 1. The molecule has 0 unspecified atom stereocenters. The summed E-state index contributed by atoms with van der Waals surface area (Å²) in [4.78, 5) is 10.0. The SMILES string of the molecule is CC1(C)c2ccccc2N(c2ccc3c(c2)C(C)(C)N(c2ccccc2)c2nc4ccccc4n2-3)c2ccccc21. The first kappa shape index (κ1) is 24.0. The Morgan fingerprint density at radius 3 is 1.85 bits per heavy atom. The molecule has 0 saturated heterocycles. The van der Waals surface area contributed by atoms with Gasteiger partial charge in [-0.3, -0.25) is 4.57 Å². The molecule has 3 heterocycles. The number of nitrogens with zero attached hydrogens (tertiary/aromatic N) is 4. The lowest BCUT2D eigenvalue weighted by atomic mass is 9.73. The van der Waals surface area contributed by atoms with Crippen molar-refractivity contribution >= 4 is 39.7 Å². The lowest BCUT2D eigenvalue weighted by Gasteiger charge is -2.46. The van der Waals surface area contributed by atoms with Gasteiger partial charge >= 0.3 is 0 Å². The van der Waals surface area contributed by atoms with Gasteiger partial charge in [0.15, 0.2) is 0 Å². The van der Waals surface area contributed by atoms with Crippen LogP contribution >= 0.6 is 0 Å². The lowest BCUT2D eigenvalue weighted by molar-refractivity contribution is 0.508. The Kier molecular flexibility index (Phi) is 4.88. The minimum Gasteiger partial charge on any atom is -0.310 e. The van der Waals surface area contributed by atoms with E-state index >= 15 is 0 Å². The molecule has 2 aliphatic rings. The van der Waals surface area contributed by atoms with Crippen LogP contribution < -0.4 is 9.80 Å². The summed E-state index contributed by atoms with van der Waals surface area (Å²) in [6.07, 6.45) is 0. The highest BCUT2D eigenvalue weighted by molar-refractivity contribution is 5.89. The molecule has 4 nitrogen and oxygen atoms in total. The van der Waals surface area contributed by atoms with E-state index in [0.717, 1.165) is 28.4 Å². The standard InChI is InChI=1S/C37H32N4/c1-36(2)27-16-8-11-19-31(27)39(32-20-12-9-17-28(32)36)26-22-23-33-29(24-26)37(3,4)41(25-14-6-5-7-15-25)35-38-30-18-10-13-21-34(30)40(33)35/h5-24H,1-4H3. The van der Waals surface area contributed by atoms with Crippen LogP contribution in [0.1, 0.15) is 44.4 Å². The summed E-state index contributed by atoms with van der Waals surface area (Å²) >= 11 is 0. The van der Waals surface area contributed by atoms with Gasteiger partial charge in [0, 0.05) is 22.4 Å². The van der Waals surface area contributed by atoms with E-state index in [0.29, 0.717) is 0 Å². The molecular formula is C37H32N4. The fourth-order valence-electron chi connectivity index (χ4n) is 7.08. The highest BCUT2D eigenvalue weighted by Crippen LogP contribution is 2.54. The van der Waals surface area contributed by atoms with Crippen LogP contribution in [0.4, 0.5) is 28.7 Å². The fraction of sp³-hybridized carbons (Fsp3) is 0.162. The topological polar surface area (TPSA) is 24.3 Å². The van der Waals surface area contributed by atoms with Crippen LogP contribution in [0.2, 0.25) is 0 Å². The Labute approximate surface area is 241 Å². The lowest BCUT2D eigenvalue weighted by Crippen LogP contribution is -2.43. The van der Waals surface area contributed by atoms with Gasteiger partial charge in [-0.05, 0) is 79.6 Å². The molecule has 0 fully saturated rings. The minimum absolute atomic E-state index is 0.0914. The Bertz CT molecular complexity index is 1920. The van der Waals surface area contributed by atoms with Crippen molar-refractivity contribution in [1.29, 1.82) is 0 Å². The molecule has 0 saturated carbocycles. The largest absolute Gasteiger partial charge is 0.310 e.